The van der Waals surface area contributed by atoms with E-state index in [0.717, 1.165) is 58.2 Å². The normalized spacial score (nSPS) is 18.4. The highest BCUT2D eigenvalue weighted by Gasteiger charge is 2.18. The van der Waals surface area contributed by atoms with Crippen LogP contribution in [0, 0.1) is 6.92 Å². The Morgan fingerprint density at radius 3 is 2.56 bits per heavy atom. The lowest BCUT2D eigenvalue weighted by Crippen LogP contribution is -2.49. The quantitative estimate of drug-likeness (QED) is 0.553. The van der Waals surface area contributed by atoms with E-state index in [9.17, 15) is 0 Å². The minimum atomic E-state index is 0.477. The molecule has 0 unspecified atom stereocenters. The predicted molar refractivity (Wildman–Crippen MR) is 104 cm³/mol. The Balaban J connectivity index is 1.80. The molecule has 0 saturated carbocycles. The SMILES string of the molecule is CCNC(=NC[C@@H](C)N1CCN(C)CC1)NCCc1cnn(C)c1C. The van der Waals surface area contributed by atoms with Crippen molar-refractivity contribution in [2.75, 3.05) is 52.9 Å². The van der Waals surface area contributed by atoms with Crippen LogP contribution < -0.4 is 10.6 Å². The molecule has 1 aromatic rings. The number of aromatic nitrogens is 2. The third-order valence-corrected chi connectivity index (χ3v) is 5.04. The van der Waals surface area contributed by atoms with E-state index in [0.29, 0.717) is 6.04 Å². The largest absolute Gasteiger partial charge is 0.357 e. The summed E-state index contributed by atoms with van der Waals surface area (Å²) in [7, 11) is 4.18. The lowest BCUT2D eigenvalue weighted by Gasteiger charge is -2.35. The van der Waals surface area contributed by atoms with Crippen LogP contribution in [0.15, 0.2) is 11.2 Å². The molecule has 0 spiro atoms. The van der Waals surface area contributed by atoms with Gasteiger partial charge in [-0.1, -0.05) is 0 Å². The monoisotopic (exact) mass is 349 g/mol. The molecule has 0 aliphatic carbocycles. The number of rotatable bonds is 7. The fraction of sp³-hybridized carbons (Fsp3) is 0.778. The van der Waals surface area contributed by atoms with Crippen LogP contribution in [-0.2, 0) is 13.5 Å². The highest BCUT2D eigenvalue weighted by molar-refractivity contribution is 5.79. The molecule has 0 bridgehead atoms. The van der Waals surface area contributed by atoms with Gasteiger partial charge in [-0.05, 0) is 39.8 Å². The first-order valence-corrected chi connectivity index (χ1v) is 9.43. The van der Waals surface area contributed by atoms with Crippen LogP contribution in [0.25, 0.3) is 0 Å². The Labute approximate surface area is 152 Å². The predicted octanol–water partition coefficient (Wildman–Crippen LogP) is 0.462. The van der Waals surface area contributed by atoms with Gasteiger partial charge in [0.2, 0.25) is 0 Å². The number of aliphatic imine (C=N–C) groups is 1. The molecule has 1 aliphatic rings. The minimum Gasteiger partial charge on any atom is -0.357 e. The van der Waals surface area contributed by atoms with Crippen molar-refractivity contribution in [2.24, 2.45) is 12.0 Å². The first kappa shape index (κ1) is 19.7. The van der Waals surface area contributed by atoms with E-state index in [1.54, 1.807) is 0 Å². The lowest BCUT2D eigenvalue weighted by atomic mass is 10.2. The van der Waals surface area contributed by atoms with Gasteiger partial charge in [0.25, 0.3) is 0 Å². The van der Waals surface area contributed by atoms with E-state index in [2.05, 4.69) is 53.4 Å². The van der Waals surface area contributed by atoms with E-state index in [-0.39, 0.29) is 0 Å². The second kappa shape index (κ2) is 9.77. The standard InChI is InChI=1S/C18H35N7/c1-6-19-18(20-8-7-17-14-22-24(5)16(17)3)21-13-15(2)25-11-9-23(4)10-12-25/h14-15H,6-13H2,1-5H3,(H2,19,20,21)/t15-/m1/s1. The first-order chi connectivity index (χ1) is 12.0. The Kier molecular flexibility index (Phi) is 7.71. The van der Waals surface area contributed by atoms with Crippen molar-refractivity contribution < 1.29 is 0 Å². The molecule has 2 rings (SSSR count). The zero-order valence-corrected chi connectivity index (χ0v) is 16.5. The Hall–Kier alpha value is -1.60. The summed E-state index contributed by atoms with van der Waals surface area (Å²) in [6, 6.07) is 0.477. The summed E-state index contributed by atoms with van der Waals surface area (Å²) in [6.45, 7) is 13.6. The number of nitrogens with one attached hydrogen (secondary N) is 2. The van der Waals surface area contributed by atoms with Gasteiger partial charge in [0.15, 0.2) is 5.96 Å². The fourth-order valence-electron chi connectivity index (χ4n) is 3.05. The summed E-state index contributed by atoms with van der Waals surface area (Å²) in [4.78, 5) is 9.71. The molecule has 7 nitrogen and oxygen atoms in total. The van der Waals surface area contributed by atoms with Crippen LogP contribution in [-0.4, -0.2) is 84.4 Å². The highest BCUT2D eigenvalue weighted by atomic mass is 15.3. The number of piperazine rings is 1. The van der Waals surface area contributed by atoms with E-state index < -0.39 is 0 Å². The summed E-state index contributed by atoms with van der Waals surface area (Å²) in [5.74, 6) is 0.907. The maximum Gasteiger partial charge on any atom is 0.191 e. The average molecular weight is 350 g/mol. The van der Waals surface area contributed by atoms with E-state index >= 15 is 0 Å². The summed E-state index contributed by atoms with van der Waals surface area (Å²) in [6.07, 6.45) is 2.91. The second-order valence-corrected chi connectivity index (χ2v) is 6.96. The molecule has 1 atom stereocenters. The maximum absolute atomic E-state index is 4.78. The lowest BCUT2D eigenvalue weighted by molar-refractivity contribution is 0.122. The number of hydrogen-bond acceptors (Lipinski definition) is 4. The van der Waals surface area contributed by atoms with Crippen LogP contribution in [0.2, 0.25) is 0 Å². The summed E-state index contributed by atoms with van der Waals surface area (Å²) in [5, 5.41) is 11.1. The van der Waals surface area contributed by atoms with Crippen molar-refractivity contribution >= 4 is 5.96 Å². The molecule has 0 aromatic carbocycles. The Morgan fingerprint density at radius 2 is 1.96 bits per heavy atom. The molecule has 1 saturated heterocycles. The molecule has 142 valence electrons. The van der Waals surface area contributed by atoms with Gasteiger partial charge >= 0.3 is 0 Å². The number of aryl methyl sites for hydroxylation is 1. The van der Waals surface area contributed by atoms with Gasteiger partial charge in [-0.3, -0.25) is 14.6 Å². The highest BCUT2D eigenvalue weighted by Crippen LogP contribution is 2.06. The van der Waals surface area contributed by atoms with Crippen molar-refractivity contribution in [1.82, 2.24) is 30.2 Å². The zero-order valence-electron chi connectivity index (χ0n) is 16.5. The Morgan fingerprint density at radius 1 is 1.24 bits per heavy atom. The molecular weight excluding hydrogens is 314 g/mol. The number of nitrogens with zero attached hydrogens (tertiary/aromatic N) is 5. The van der Waals surface area contributed by atoms with Crippen LogP contribution >= 0.6 is 0 Å². The van der Waals surface area contributed by atoms with E-state index in [1.165, 1.54) is 11.3 Å². The van der Waals surface area contributed by atoms with Crippen LogP contribution in [0.5, 0.6) is 0 Å². The molecule has 1 fully saturated rings. The third-order valence-electron chi connectivity index (χ3n) is 5.04. The molecule has 1 aromatic heterocycles. The maximum atomic E-state index is 4.78. The van der Waals surface area contributed by atoms with Crippen molar-refractivity contribution in [3.05, 3.63) is 17.5 Å². The first-order valence-electron chi connectivity index (χ1n) is 9.43. The van der Waals surface area contributed by atoms with Crippen LogP contribution in [0.4, 0.5) is 0 Å². The molecular formula is C18H35N7. The molecule has 2 heterocycles. The molecule has 1 aliphatic heterocycles. The van der Waals surface area contributed by atoms with Gasteiger partial charge in [-0.15, -0.1) is 0 Å². The van der Waals surface area contributed by atoms with Gasteiger partial charge in [0, 0.05) is 58.1 Å². The van der Waals surface area contributed by atoms with Crippen LogP contribution in [0.3, 0.4) is 0 Å². The van der Waals surface area contributed by atoms with Crippen molar-refractivity contribution in [2.45, 2.75) is 33.2 Å². The smallest absolute Gasteiger partial charge is 0.191 e. The van der Waals surface area contributed by atoms with Crippen molar-refractivity contribution in [1.29, 1.82) is 0 Å². The van der Waals surface area contributed by atoms with Gasteiger partial charge in [0.05, 0.1) is 12.7 Å². The summed E-state index contributed by atoms with van der Waals surface area (Å²) < 4.78 is 1.92. The van der Waals surface area contributed by atoms with Gasteiger partial charge in [-0.25, -0.2) is 0 Å². The molecule has 7 heteroatoms. The minimum absolute atomic E-state index is 0.477. The second-order valence-electron chi connectivity index (χ2n) is 6.96. The van der Waals surface area contributed by atoms with E-state index in [4.69, 9.17) is 4.99 Å². The molecule has 0 amide bonds. The summed E-state index contributed by atoms with van der Waals surface area (Å²) >= 11 is 0. The van der Waals surface area contributed by atoms with E-state index in [1.807, 2.05) is 17.9 Å². The average Bonchev–Trinajstić information content (AvgIpc) is 2.92. The third kappa shape index (κ3) is 6.01. The Bertz CT molecular complexity index is 544. The van der Waals surface area contributed by atoms with Crippen LogP contribution in [0.1, 0.15) is 25.1 Å². The molecule has 2 N–H and O–H groups in total. The summed E-state index contributed by atoms with van der Waals surface area (Å²) in [5.41, 5.74) is 2.52. The zero-order chi connectivity index (χ0) is 18.2. The number of hydrogen-bond donors (Lipinski definition) is 2. The topological polar surface area (TPSA) is 60.7 Å². The van der Waals surface area contributed by atoms with Gasteiger partial charge in [-0.2, -0.15) is 5.10 Å². The molecule has 25 heavy (non-hydrogen) atoms. The van der Waals surface area contributed by atoms with Gasteiger partial charge < -0.3 is 15.5 Å². The number of guanidine groups is 1. The van der Waals surface area contributed by atoms with Crippen molar-refractivity contribution in [3.8, 4) is 0 Å². The van der Waals surface area contributed by atoms with Gasteiger partial charge in [0.1, 0.15) is 0 Å². The number of likely N-dealkylation sites (N-methyl/N-ethyl adjacent to an activating group) is 1. The molecule has 0 radical (unpaired) electrons. The fourth-order valence-corrected chi connectivity index (χ4v) is 3.05. The van der Waals surface area contributed by atoms with Crippen molar-refractivity contribution in [3.63, 3.8) is 0 Å².